The van der Waals surface area contributed by atoms with Gasteiger partial charge in [0.1, 0.15) is 0 Å². The van der Waals surface area contributed by atoms with E-state index in [9.17, 15) is 13.2 Å². The minimum absolute atomic E-state index is 0. The molecule has 1 aliphatic rings. The number of rotatable bonds is 6. The van der Waals surface area contributed by atoms with Gasteiger partial charge in [-0.05, 0) is 25.3 Å². The number of ether oxygens (including phenoxy) is 1. The van der Waals surface area contributed by atoms with Gasteiger partial charge in [0.25, 0.3) is 0 Å². The number of benzene rings is 1. The van der Waals surface area contributed by atoms with Crippen LogP contribution in [0.3, 0.4) is 0 Å². The van der Waals surface area contributed by atoms with Crippen molar-refractivity contribution in [1.29, 1.82) is 0 Å². The van der Waals surface area contributed by atoms with Crippen LogP contribution in [0.5, 0.6) is 0 Å². The van der Waals surface area contributed by atoms with Crippen LogP contribution in [0.4, 0.5) is 13.2 Å². The van der Waals surface area contributed by atoms with Gasteiger partial charge < -0.3 is 15.4 Å². The lowest BCUT2D eigenvalue weighted by molar-refractivity contribution is -0.132. The molecule has 0 spiro atoms. The number of hydrogen-bond acceptors (Lipinski definition) is 2. The fourth-order valence-corrected chi connectivity index (χ4v) is 2.91. The van der Waals surface area contributed by atoms with Crippen LogP contribution in [0.25, 0.3) is 0 Å². The van der Waals surface area contributed by atoms with Crippen molar-refractivity contribution in [2.75, 3.05) is 26.2 Å². The molecule has 1 aliphatic heterocycles. The molecule has 1 aromatic carbocycles. The van der Waals surface area contributed by atoms with Gasteiger partial charge in [0.2, 0.25) is 0 Å². The standard InChI is InChI=1S/C18H26F3N3O.HI/c1-2-22-17(23-11-10-18(19,20)21)24-13-15-9-6-12-25-16(15)14-7-4-3-5-8-14;/h3-5,7-8,15-16H,2,6,9-13H2,1H3,(H2,22,23,24);1H. The van der Waals surface area contributed by atoms with Gasteiger partial charge in [0.15, 0.2) is 5.96 Å². The predicted molar refractivity (Wildman–Crippen MR) is 108 cm³/mol. The zero-order valence-corrected chi connectivity index (χ0v) is 17.2. The molecule has 4 nitrogen and oxygen atoms in total. The quantitative estimate of drug-likeness (QED) is 0.359. The van der Waals surface area contributed by atoms with E-state index in [1.165, 1.54) is 0 Å². The van der Waals surface area contributed by atoms with Crippen LogP contribution in [-0.2, 0) is 4.74 Å². The van der Waals surface area contributed by atoms with Crippen molar-refractivity contribution in [2.45, 2.75) is 38.5 Å². The highest BCUT2D eigenvalue weighted by Gasteiger charge is 2.28. The van der Waals surface area contributed by atoms with Gasteiger partial charge in [0, 0.05) is 32.2 Å². The van der Waals surface area contributed by atoms with Crippen molar-refractivity contribution in [3.63, 3.8) is 0 Å². The van der Waals surface area contributed by atoms with Gasteiger partial charge in [-0.15, -0.1) is 24.0 Å². The Labute approximate surface area is 170 Å². The van der Waals surface area contributed by atoms with Crippen LogP contribution in [0.2, 0.25) is 0 Å². The van der Waals surface area contributed by atoms with E-state index < -0.39 is 12.6 Å². The SMILES string of the molecule is CCNC(=NCC1CCCOC1c1ccccc1)NCCC(F)(F)F.I. The van der Waals surface area contributed by atoms with E-state index in [-0.39, 0.29) is 42.5 Å². The van der Waals surface area contributed by atoms with Gasteiger partial charge in [-0.3, -0.25) is 4.99 Å². The third-order valence-electron chi connectivity index (χ3n) is 4.10. The van der Waals surface area contributed by atoms with E-state index in [1.807, 2.05) is 37.3 Å². The molecule has 2 N–H and O–H groups in total. The van der Waals surface area contributed by atoms with Crippen molar-refractivity contribution in [3.8, 4) is 0 Å². The molecule has 1 heterocycles. The normalized spacial score (nSPS) is 21.0. The second-order valence-electron chi connectivity index (χ2n) is 6.12. The maximum atomic E-state index is 12.3. The molecule has 1 saturated heterocycles. The Hall–Kier alpha value is -1.03. The molecule has 0 saturated carbocycles. The molecule has 26 heavy (non-hydrogen) atoms. The Morgan fingerprint density at radius 3 is 2.62 bits per heavy atom. The lowest BCUT2D eigenvalue weighted by Crippen LogP contribution is -2.39. The molecule has 148 valence electrons. The summed E-state index contributed by atoms with van der Waals surface area (Å²) in [6.07, 6.45) is -3.10. The number of aliphatic imine (C=N–C) groups is 1. The van der Waals surface area contributed by atoms with Crippen molar-refractivity contribution >= 4 is 29.9 Å². The molecule has 1 aromatic rings. The minimum atomic E-state index is -4.17. The van der Waals surface area contributed by atoms with E-state index in [0.29, 0.717) is 19.0 Å². The Balaban J connectivity index is 0.00000338. The number of halogens is 4. The van der Waals surface area contributed by atoms with E-state index in [1.54, 1.807) is 0 Å². The van der Waals surface area contributed by atoms with Crippen LogP contribution in [0.15, 0.2) is 35.3 Å². The predicted octanol–water partition coefficient (Wildman–Crippen LogP) is 4.28. The number of guanidine groups is 1. The zero-order valence-electron chi connectivity index (χ0n) is 14.9. The van der Waals surface area contributed by atoms with Gasteiger partial charge >= 0.3 is 6.18 Å². The summed E-state index contributed by atoms with van der Waals surface area (Å²) in [5.41, 5.74) is 1.12. The van der Waals surface area contributed by atoms with Crippen molar-refractivity contribution < 1.29 is 17.9 Å². The van der Waals surface area contributed by atoms with Crippen molar-refractivity contribution in [1.82, 2.24) is 10.6 Å². The first kappa shape index (κ1) is 23.0. The van der Waals surface area contributed by atoms with E-state index in [2.05, 4.69) is 15.6 Å². The smallest absolute Gasteiger partial charge is 0.373 e. The summed E-state index contributed by atoms with van der Waals surface area (Å²) in [6, 6.07) is 10.0. The summed E-state index contributed by atoms with van der Waals surface area (Å²) >= 11 is 0. The second kappa shape index (κ2) is 11.6. The highest BCUT2D eigenvalue weighted by Crippen LogP contribution is 2.33. The molecule has 0 aliphatic carbocycles. The Bertz CT molecular complexity index is 540. The largest absolute Gasteiger partial charge is 0.390 e. The molecule has 8 heteroatoms. The van der Waals surface area contributed by atoms with Gasteiger partial charge in [-0.1, -0.05) is 30.3 Å². The van der Waals surface area contributed by atoms with Crippen LogP contribution in [0.1, 0.15) is 37.9 Å². The highest BCUT2D eigenvalue weighted by molar-refractivity contribution is 14.0. The molecule has 2 atom stereocenters. The van der Waals surface area contributed by atoms with Crippen molar-refractivity contribution in [2.24, 2.45) is 10.9 Å². The van der Waals surface area contributed by atoms with E-state index >= 15 is 0 Å². The molecule has 0 amide bonds. The summed E-state index contributed by atoms with van der Waals surface area (Å²) in [4.78, 5) is 4.48. The number of hydrogen-bond donors (Lipinski definition) is 2. The average Bonchev–Trinajstić information content (AvgIpc) is 2.59. The Kier molecular flexibility index (Phi) is 10.3. The summed E-state index contributed by atoms with van der Waals surface area (Å²) in [6.45, 7) is 3.54. The number of nitrogens with zero attached hydrogens (tertiary/aromatic N) is 1. The average molecular weight is 485 g/mol. The van der Waals surface area contributed by atoms with Crippen LogP contribution >= 0.6 is 24.0 Å². The molecule has 2 rings (SSSR count). The molecular formula is C18H27F3IN3O. The third kappa shape index (κ3) is 8.11. The molecule has 0 radical (unpaired) electrons. The van der Waals surface area contributed by atoms with Crippen LogP contribution in [-0.4, -0.2) is 38.4 Å². The maximum Gasteiger partial charge on any atom is 0.390 e. The van der Waals surface area contributed by atoms with E-state index in [0.717, 1.165) is 25.0 Å². The molecule has 0 bridgehead atoms. The zero-order chi connectivity index (χ0) is 18.1. The van der Waals surface area contributed by atoms with Gasteiger partial charge in [0.05, 0.1) is 12.5 Å². The van der Waals surface area contributed by atoms with Crippen molar-refractivity contribution in [3.05, 3.63) is 35.9 Å². The first-order chi connectivity index (χ1) is 12.0. The topological polar surface area (TPSA) is 45.7 Å². The molecule has 2 unspecified atom stereocenters. The molecule has 1 fully saturated rings. The Morgan fingerprint density at radius 2 is 1.96 bits per heavy atom. The lowest BCUT2D eigenvalue weighted by Gasteiger charge is -2.31. The first-order valence-corrected chi connectivity index (χ1v) is 8.75. The van der Waals surface area contributed by atoms with Crippen LogP contribution < -0.4 is 10.6 Å². The highest BCUT2D eigenvalue weighted by atomic mass is 127. The minimum Gasteiger partial charge on any atom is -0.373 e. The summed E-state index contributed by atoms with van der Waals surface area (Å²) in [7, 11) is 0. The Morgan fingerprint density at radius 1 is 1.23 bits per heavy atom. The third-order valence-corrected chi connectivity index (χ3v) is 4.10. The maximum absolute atomic E-state index is 12.3. The number of alkyl halides is 3. The molecular weight excluding hydrogens is 458 g/mol. The van der Waals surface area contributed by atoms with Crippen LogP contribution in [0, 0.1) is 5.92 Å². The fourth-order valence-electron chi connectivity index (χ4n) is 2.91. The summed E-state index contributed by atoms with van der Waals surface area (Å²) in [5.74, 6) is 0.637. The second-order valence-corrected chi connectivity index (χ2v) is 6.12. The van der Waals surface area contributed by atoms with Gasteiger partial charge in [-0.25, -0.2) is 0 Å². The van der Waals surface area contributed by atoms with Gasteiger partial charge in [-0.2, -0.15) is 13.2 Å². The molecule has 0 aromatic heterocycles. The summed E-state index contributed by atoms with van der Waals surface area (Å²) < 4.78 is 42.8. The fraction of sp³-hybridized carbons (Fsp3) is 0.611. The lowest BCUT2D eigenvalue weighted by atomic mass is 9.89. The van der Waals surface area contributed by atoms with E-state index in [4.69, 9.17) is 4.74 Å². The number of nitrogens with one attached hydrogen (secondary N) is 2. The monoisotopic (exact) mass is 485 g/mol. The first-order valence-electron chi connectivity index (χ1n) is 8.75. The summed E-state index contributed by atoms with van der Waals surface area (Å²) in [5, 5.41) is 5.74.